The zero-order chi connectivity index (χ0) is 8.69. The molecule has 4 nitrogen and oxygen atoms in total. The Morgan fingerprint density at radius 1 is 1.27 bits per heavy atom. The first-order valence-electron chi connectivity index (χ1n) is 2.53. The number of nitrogens with one attached hydrogen (secondary N) is 1. The molecule has 0 aromatic carbocycles. The molecule has 0 aliphatic carbocycles. The van der Waals surface area contributed by atoms with Crippen molar-refractivity contribution in [1.29, 1.82) is 15.8 Å². The van der Waals surface area contributed by atoms with Gasteiger partial charge in [0.05, 0.1) is 0 Å². The molecule has 0 heterocycles. The predicted molar refractivity (Wildman–Crippen MR) is 40.5 cm³/mol. The van der Waals surface area contributed by atoms with Crippen molar-refractivity contribution in [3.05, 3.63) is 10.6 Å². The molecule has 0 saturated heterocycles. The van der Waals surface area contributed by atoms with Crippen LogP contribution in [0.2, 0.25) is 0 Å². The van der Waals surface area contributed by atoms with Crippen molar-refractivity contribution < 1.29 is 0 Å². The number of thioether (sulfide) groups is 1. The zero-order valence-electron chi connectivity index (χ0n) is 5.75. The van der Waals surface area contributed by atoms with Gasteiger partial charge in [-0.05, 0) is 6.26 Å². The van der Waals surface area contributed by atoms with Crippen molar-refractivity contribution in [1.82, 2.24) is 5.32 Å². The van der Waals surface area contributed by atoms with Gasteiger partial charge in [-0.2, -0.15) is 15.8 Å². The van der Waals surface area contributed by atoms with E-state index in [4.69, 9.17) is 15.8 Å². The van der Waals surface area contributed by atoms with Crippen molar-refractivity contribution in [2.45, 2.75) is 0 Å². The fourth-order valence-electron chi connectivity index (χ4n) is 0.393. The number of nitriles is 3. The van der Waals surface area contributed by atoms with Crippen LogP contribution in [-0.4, -0.2) is 6.26 Å². The molecular weight excluding hydrogens is 160 g/mol. The molecule has 5 heteroatoms. The SMILES string of the molecule is CSC(NC#N)=C(C#N)C#N. The molecule has 0 amide bonds. The number of hydrogen-bond acceptors (Lipinski definition) is 5. The molecule has 0 bridgehead atoms. The second kappa shape index (κ2) is 5.17. The van der Waals surface area contributed by atoms with E-state index in [-0.39, 0.29) is 10.6 Å². The fraction of sp³-hybridized carbons (Fsp3) is 0.167. The van der Waals surface area contributed by atoms with Gasteiger partial charge < -0.3 is 0 Å². The van der Waals surface area contributed by atoms with E-state index in [1.165, 1.54) is 0 Å². The quantitative estimate of drug-likeness (QED) is 0.368. The van der Waals surface area contributed by atoms with E-state index in [1.807, 2.05) is 0 Å². The highest BCUT2D eigenvalue weighted by Gasteiger charge is 2.02. The van der Waals surface area contributed by atoms with Crippen LogP contribution in [0.3, 0.4) is 0 Å². The Balaban J connectivity index is 4.73. The number of hydrogen-bond donors (Lipinski definition) is 1. The number of allylic oxidation sites excluding steroid dienone is 1. The molecule has 0 aromatic rings. The third kappa shape index (κ3) is 2.62. The van der Waals surface area contributed by atoms with Gasteiger partial charge in [-0.25, -0.2) is 0 Å². The summed E-state index contributed by atoms with van der Waals surface area (Å²) in [6.07, 6.45) is 3.31. The highest BCUT2D eigenvalue weighted by molar-refractivity contribution is 8.02. The summed E-state index contributed by atoms with van der Waals surface area (Å²) in [5.41, 5.74) is -0.0703. The van der Waals surface area contributed by atoms with E-state index >= 15 is 0 Å². The van der Waals surface area contributed by atoms with Crippen LogP contribution in [0.4, 0.5) is 0 Å². The van der Waals surface area contributed by atoms with E-state index in [1.54, 1.807) is 24.6 Å². The second-order valence-corrected chi connectivity index (χ2v) is 2.19. The molecule has 0 aliphatic rings. The highest BCUT2D eigenvalue weighted by Crippen LogP contribution is 2.11. The first kappa shape index (κ1) is 9.36. The Kier molecular flexibility index (Phi) is 4.40. The first-order chi connectivity index (χ1) is 5.29. The lowest BCUT2D eigenvalue weighted by molar-refractivity contribution is 1.16. The molecule has 0 rings (SSSR count). The first-order valence-corrected chi connectivity index (χ1v) is 3.76. The lowest BCUT2D eigenvalue weighted by Crippen LogP contribution is -2.03. The monoisotopic (exact) mass is 164 g/mol. The van der Waals surface area contributed by atoms with Gasteiger partial charge in [-0.15, -0.1) is 11.8 Å². The van der Waals surface area contributed by atoms with E-state index in [0.717, 1.165) is 11.8 Å². The maximum atomic E-state index is 8.36. The fourth-order valence-corrected chi connectivity index (χ4v) is 0.836. The summed E-state index contributed by atoms with van der Waals surface area (Å²) in [5.74, 6) is 0. The minimum Gasteiger partial charge on any atom is -0.285 e. The Hall–Kier alpha value is -1.64. The van der Waals surface area contributed by atoms with Crippen molar-refractivity contribution in [3.63, 3.8) is 0 Å². The maximum Gasteiger partial charge on any atom is 0.181 e. The third-order valence-electron chi connectivity index (χ3n) is 0.824. The maximum absolute atomic E-state index is 8.36. The standard InChI is InChI=1S/C6H4N4S/c1-11-6(10-4-9)5(2-7)3-8/h10H,1H3. The van der Waals surface area contributed by atoms with Crippen molar-refractivity contribution in [2.75, 3.05) is 6.26 Å². The molecule has 1 N–H and O–H groups in total. The van der Waals surface area contributed by atoms with E-state index in [2.05, 4.69) is 5.32 Å². The highest BCUT2D eigenvalue weighted by atomic mass is 32.2. The van der Waals surface area contributed by atoms with Gasteiger partial charge in [0.25, 0.3) is 0 Å². The van der Waals surface area contributed by atoms with Gasteiger partial charge in [0, 0.05) is 0 Å². The van der Waals surface area contributed by atoms with Gasteiger partial charge in [0.2, 0.25) is 0 Å². The molecule has 11 heavy (non-hydrogen) atoms. The Bertz CT molecular complexity index is 269. The van der Waals surface area contributed by atoms with Crippen LogP contribution in [0.1, 0.15) is 0 Å². The summed E-state index contributed by atoms with van der Waals surface area (Å²) >= 11 is 1.15. The van der Waals surface area contributed by atoms with Crippen LogP contribution in [0.5, 0.6) is 0 Å². The van der Waals surface area contributed by atoms with Crippen LogP contribution < -0.4 is 5.32 Å². The summed E-state index contributed by atoms with van der Waals surface area (Å²) in [6.45, 7) is 0. The van der Waals surface area contributed by atoms with Gasteiger partial charge in [-0.1, -0.05) is 0 Å². The Morgan fingerprint density at radius 3 is 2.09 bits per heavy atom. The molecule has 0 fully saturated rings. The smallest absolute Gasteiger partial charge is 0.181 e. The average Bonchev–Trinajstić information content (AvgIpc) is 2.05. The van der Waals surface area contributed by atoms with E-state index < -0.39 is 0 Å². The molecule has 0 radical (unpaired) electrons. The topological polar surface area (TPSA) is 83.4 Å². The molecule has 0 atom stereocenters. The lowest BCUT2D eigenvalue weighted by atomic mass is 10.3. The lowest BCUT2D eigenvalue weighted by Gasteiger charge is -1.96. The molecule has 0 aromatic heterocycles. The minimum atomic E-state index is -0.0703. The zero-order valence-corrected chi connectivity index (χ0v) is 6.57. The van der Waals surface area contributed by atoms with Crippen LogP contribution in [-0.2, 0) is 0 Å². The summed E-state index contributed by atoms with van der Waals surface area (Å²) in [7, 11) is 0. The Labute approximate surface area is 68.7 Å². The van der Waals surface area contributed by atoms with Gasteiger partial charge in [0.15, 0.2) is 11.8 Å². The van der Waals surface area contributed by atoms with Crippen LogP contribution in [0.25, 0.3) is 0 Å². The van der Waals surface area contributed by atoms with Crippen molar-refractivity contribution in [2.24, 2.45) is 0 Å². The molecule has 0 spiro atoms. The van der Waals surface area contributed by atoms with E-state index in [0.29, 0.717) is 0 Å². The van der Waals surface area contributed by atoms with Crippen LogP contribution in [0, 0.1) is 34.1 Å². The van der Waals surface area contributed by atoms with Gasteiger partial charge in [-0.3, -0.25) is 5.32 Å². The number of rotatable bonds is 2. The molecule has 54 valence electrons. The second-order valence-electron chi connectivity index (χ2n) is 1.37. The predicted octanol–water partition coefficient (Wildman–Crippen LogP) is 0.679. The van der Waals surface area contributed by atoms with Crippen LogP contribution >= 0.6 is 11.8 Å². The summed E-state index contributed by atoms with van der Waals surface area (Å²) in [4.78, 5) is 0. The van der Waals surface area contributed by atoms with Gasteiger partial charge in [0.1, 0.15) is 17.2 Å². The third-order valence-corrected chi connectivity index (χ3v) is 1.54. The number of nitrogens with zero attached hydrogens (tertiary/aromatic N) is 3. The molecule has 0 saturated carbocycles. The summed E-state index contributed by atoms with van der Waals surface area (Å²) in [5, 5.41) is 27.4. The minimum absolute atomic E-state index is 0.0703. The molecule has 0 aliphatic heterocycles. The molecular formula is C6H4N4S. The summed E-state index contributed by atoms with van der Waals surface area (Å²) < 4.78 is 0. The molecule has 0 unspecified atom stereocenters. The van der Waals surface area contributed by atoms with Gasteiger partial charge >= 0.3 is 0 Å². The normalized spacial score (nSPS) is 6.73. The van der Waals surface area contributed by atoms with Crippen molar-refractivity contribution in [3.8, 4) is 18.3 Å². The van der Waals surface area contributed by atoms with E-state index in [9.17, 15) is 0 Å². The summed E-state index contributed by atoms with van der Waals surface area (Å²) in [6, 6.07) is 3.34. The van der Waals surface area contributed by atoms with Crippen LogP contribution in [0.15, 0.2) is 10.6 Å². The average molecular weight is 164 g/mol. The largest absolute Gasteiger partial charge is 0.285 e. The Morgan fingerprint density at radius 2 is 1.82 bits per heavy atom. The van der Waals surface area contributed by atoms with Crippen molar-refractivity contribution >= 4 is 11.8 Å².